The molecule has 0 bridgehead atoms. The van der Waals surface area contributed by atoms with Crippen LogP contribution in [0.2, 0.25) is 0 Å². The van der Waals surface area contributed by atoms with E-state index in [1.165, 1.54) is 289 Å². The number of allylic oxidation sites excluding steroid dienone is 8. The van der Waals surface area contributed by atoms with Gasteiger partial charge in [0.25, 0.3) is 0 Å². The largest absolute Gasteiger partial charge is 0.462 e. The quantitative estimate of drug-likeness (QED) is 0.0261. The van der Waals surface area contributed by atoms with Crippen LogP contribution in [-0.4, -0.2) is 37.2 Å². The first-order chi connectivity index (χ1) is 40.5. The maximum atomic E-state index is 13.0. The third-order valence-electron chi connectivity index (χ3n) is 16.5. The summed E-state index contributed by atoms with van der Waals surface area (Å²) in [5.74, 6) is -0.856. The van der Waals surface area contributed by atoms with Gasteiger partial charge >= 0.3 is 17.9 Å². The molecule has 480 valence electrons. The van der Waals surface area contributed by atoms with Crippen LogP contribution in [0.5, 0.6) is 0 Å². The lowest BCUT2D eigenvalue weighted by Crippen LogP contribution is -2.30. The van der Waals surface area contributed by atoms with Gasteiger partial charge in [-0.3, -0.25) is 14.4 Å². The Labute approximate surface area is 511 Å². The van der Waals surface area contributed by atoms with Gasteiger partial charge in [-0.05, 0) is 103 Å². The van der Waals surface area contributed by atoms with E-state index >= 15 is 0 Å². The van der Waals surface area contributed by atoms with E-state index in [-0.39, 0.29) is 31.1 Å². The van der Waals surface area contributed by atoms with Crippen LogP contribution < -0.4 is 0 Å². The molecule has 0 aromatic rings. The lowest BCUT2D eigenvalue weighted by molar-refractivity contribution is -0.167. The standard InChI is InChI=1S/C76H140O6/c1-4-7-10-13-16-19-22-25-27-29-31-33-35-37-38-40-41-43-45-47-49-51-54-57-60-63-66-69-75(78)81-72-73(71-80-74(77)68-65-62-59-56-53-24-21-18-15-12-9-6-3)82-76(79)70-67-64-61-58-55-52-50-48-46-44-42-39-36-34-32-30-28-26-23-20-17-14-11-8-5-2/h18,21,23,26,29-32,73H,4-17,19-20,22,24-25,27-28,33-72H2,1-3H3/b21-18-,26-23-,31-29-,32-30-. The van der Waals surface area contributed by atoms with Crippen LogP contribution in [0.3, 0.4) is 0 Å². The Morgan fingerprint density at radius 1 is 0.244 bits per heavy atom. The average molecular weight is 1150 g/mol. The van der Waals surface area contributed by atoms with Gasteiger partial charge in [0.2, 0.25) is 0 Å². The summed E-state index contributed by atoms with van der Waals surface area (Å²) in [4.78, 5) is 38.4. The van der Waals surface area contributed by atoms with E-state index in [1.807, 2.05) is 0 Å². The van der Waals surface area contributed by atoms with Gasteiger partial charge in [0.1, 0.15) is 13.2 Å². The monoisotopic (exact) mass is 1150 g/mol. The fourth-order valence-corrected chi connectivity index (χ4v) is 11.0. The fourth-order valence-electron chi connectivity index (χ4n) is 11.0. The minimum absolute atomic E-state index is 0.0720. The Morgan fingerprint density at radius 3 is 0.707 bits per heavy atom. The zero-order valence-corrected chi connectivity index (χ0v) is 55.3. The topological polar surface area (TPSA) is 78.9 Å². The highest BCUT2D eigenvalue weighted by Crippen LogP contribution is 2.18. The number of hydrogen-bond acceptors (Lipinski definition) is 6. The van der Waals surface area contributed by atoms with E-state index < -0.39 is 6.10 Å². The lowest BCUT2D eigenvalue weighted by atomic mass is 10.0. The summed E-state index contributed by atoms with van der Waals surface area (Å²) in [6, 6.07) is 0. The van der Waals surface area contributed by atoms with Crippen LogP contribution in [-0.2, 0) is 28.6 Å². The van der Waals surface area contributed by atoms with Gasteiger partial charge in [-0.25, -0.2) is 0 Å². The van der Waals surface area contributed by atoms with Crippen molar-refractivity contribution in [3.63, 3.8) is 0 Å². The molecule has 0 N–H and O–H groups in total. The molecule has 6 heteroatoms. The molecule has 0 aliphatic carbocycles. The van der Waals surface area contributed by atoms with Crippen molar-refractivity contribution in [2.45, 2.75) is 406 Å². The molecule has 1 atom stereocenters. The Morgan fingerprint density at radius 2 is 0.439 bits per heavy atom. The van der Waals surface area contributed by atoms with Gasteiger partial charge in [-0.1, -0.05) is 326 Å². The van der Waals surface area contributed by atoms with Crippen molar-refractivity contribution < 1.29 is 28.6 Å². The van der Waals surface area contributed by atoms with E-state index in [4.69, 9.17) is 14.2 Å². The molecule has 0 fully saturated rings. The molecule has 0 aromatic carbocycles. The highest BCUT2D eigenvalue weighted by atomic mass is 16.6. The molecular weight excluding hydrogens is 1010 g/mol. The normalized spacial score (nSPS) is 12.3. The summed E-state index contributed by atoms with van der Waals surface area (Å²) in [7, 11) is 0. The molecule has 0 spiro atoms. The molecule has 0 aliphatic heterocycles. The molecule has 0 heterocycles. The van der Waals surface area contributed by atoms with Gasteiger partial charge < -0.3 is 14.2 Å². The first kappa shape index (κ1) is 79.4. The zero-order chi connectivity index (χ0) is 59.2. The number of carbonyl (C=O) groups is 3. The van der Waals surface area contributed by atoms with Crippen molar-refractivity contribution in [1.29, 1.82) is 0 Å². The molecule has 1 unspecified atom stereocenters. The molecule has 0 amide bonds. The van der Waals surface area contributed by atoms with Crippen molar-refractivity contribution in [2.75, 3.05) is 13.2 Å². The van der Waals surface area contributed by atoms with Crippen LogP contribution in [0.1, 0.15) is 400 Å². The van der Waals surface area contributed by atoms with Gasteiger partial charge in [-0.2, -0.15) is 0 Å². The zero-order valence-electron chi connectivity index (χ0n) is 55.3. The van der Waals surface area contributed by atoms with Crippen molar-refractivity contribution >= 4 is 17.9 Å². The average Bonchev–Trinajstić information content (AvgIpc) is 3.48. The minimum atomic E-state index is -0.777. The summed E-state index contributed by atoms with van der Waals surface area (Å²) in [5.41, 5.74) is 0. The summed E-state index contributed by atoms with van der Waals surface area (Å²) in [5, 5.41) is 0. The van der Waals surface area contributed by atoms with E-state index in [0.29, 0.717) is 19.3 Å². The molecule has 0 saturated heterocycles. The summed E-state index contributed by atoms with van der Waals surface area (Å²) >= 11 is 0. The molecule has 0 radical (unpaired) electrons. The van der Waals surface area contributed by atoms with Crippen molar-refractivity contribution in [3.05, 3.63) is 48.6 Å². The molecule has 0 aliphatic rings. The Bertz CT molecular complexity index is 1410. The lowest BCUT2D eigenvalue weighted by Gasteiger charge is -2.18. The second kappa shape index (κ2) is 70.9. The predicted octanol–water partition coefficient (Wildman–Crippen LogP) is 25.3. The van der Waals surface area contributed by atoms with E-state index in [1.54, 1.807) is 0 Å². The first-order valence-corrected chi connectivity index (χ1v) is 36.6. The maximum absolute atomic E-state index is 13.0. The third kappa shape index (κ3) is 68.2. The van der Waals surface area contributed by atoms with E-state index in [2.05, 4.69) is 69.4 Å². The Hall–Kier alpha value is -2.63. The molecule has 82 heavy (non-hydrogen) atoms. The van der Waals surface area contributed by atoms with Gasteiger partial charge in [-0.15, -0.1) is 0 Å². The molecule has 0 saturated carbocycles. The Balaban J connectivity index is 4.19. The minimum Gasteiger partial charge on any atom is -0.462 e. The number of ether oxygens (including phenoxy) is 3. The molecular formula is C76H140O6. The first-order valence-electron chi connectivity index (χ1n) is 36.6. The smallest absolute Gasteiger partial charge is 0.306 e. The number of rotatable bonds is 68. The van der Waals surface area contributed by atoms with Crippen molar-refractivity contribution in [2.24, 2.45) is 0 Å². The summed E-state index contributed by atoms with van der Waals surface area (Å²) in [6.07, 6.45) is 90.1. The third-order valence-corrected chi connectivity index (χ3v) is 16.5. The van der Waals surface area contributed by atoms with Crippen LogP contribution in [0.25, 0.3) is 0 Å². The molecule has 0 rings (SSSR count). The number of esters is 3. The van der Waals surface area contributed by atoms with E-state index in [9.17, 15) is 14.4 Å². The SMILES string of the molecule is CCCCC/C=C\CCCCCCCC(=O)OCC(COC(=O)CCCCCCCCCCCCCCCCC/C=C\CCCCCCCCCC)OC(=O)CCCCCCCCCCCCCCC/C=C\C/C=C\CCCCCCC. The Kier molecular flexibility index (Phi) is 68.6. The number of unbranched alkanes of at least 4 members (excludes halogenated alkanes) is 49. The number of carbonyl (C=O) groups excluding carboxylic acids is 3. The maximum Gasteiger partial charge on any atom is 0.306 e. The second-order valence-electron chi connectivity index (χ2n) is 24.8. The van der Waals surface area contributed by atoms with Crippen LogP contribution in [0.4, 0.5) is 0 Å². The van der Waals surface area contributed by atoms with Crippen molar-refractivity contribution in [3.8, 4) is 0 Å². The van der Waals surface area contributed by atoms with E-state index in [0.717, 1.165) is 70.6 Å². The highest BCUT2D eigenvalue weighted by Gasteiger charge is 2.19. The highest BCUT2D eigenvalue weighted by molar-refractivity contribution is 5.71. The second-order valence-corrected chi connectivity index (χ2v) is 24.8. The van der Waals surface area contributed by atoms with Crippen LogP contribution >= 0.6 is 0 Å². The van der Waals surface area contributed by atoms with Crippen LogP contribution in [0.15, 0.2) is 48.6 Å². The van der Waals surface area contributed by atoms with Gasteiger partial charge in [0, 0.05) is 19.3 Å². The van der Waals surface area contributed by atoms with Gasteiger partial charge in [0.05, 0.1) is 0 Å². The fraction of sp³-hybridized carbons (Fsp3) is 0.855. The van der Waals surface area contributed by atoms with Gasteiger partial charge in [0.15, 0.2) is 6.10 Å². The van der Waals surface area contributed by atoms with Crippen LogP contribution in [0, 0.1) is 0 Å². The summed E-state index contributed by atoms with van der Waals surface area (Å²) < 4.78 is 17.0. The molecule has 6 nitrogen and oxygen atoms in total. The molecule has 0 aromatic heterocycles. The number of hydrogen-bond donors (Lipinski definition) is 0. The predicted molar refractivity (Wildman–Crippen MR) is 358 cm³/mol. The van der Waals surface area contributed by atoms with Crippen molar-refractivity contribution in [1.82, 2.24) is 0 Å². The summed E-state index contributed by atoms with van der Waals surface area (Å²) in [6.45, 7) is 6.66.